The monoisotopic (exact) mass is 293 g/mol. The van der Waals surface area contributed by atoms with E-state index in [0.717, 1.165) is 11.3 Å². The third-order valence-corrected chi connectivity index (χ3v) is 3.53. The van der Waals surface area contributed by atoms with Gasteiger partial charge in [-0.3, -0.25) is 19.6 Å². The molecule has 1 saturated heterocycles. The van der Waals surface area contributed by atoms with Crippen LogP contribution in [0.2, 0.25) is 0 Å². The molecule has 1 aliphatic heterocycles. The summed E-state index contributed by atoms with van der Waals surface area (Å²) in [6.07, 6.45) is 0.658. The van der Waals surface area contributed by atoms with Crippen molar-refractivity contribution in [1.29, 1.82) is 0 Å². The normalized spacial score (nSPS) is 15.0. The number of nitrogens with zero attached hydrogens (tertiary/aromatic N) is 3. The van der Waals surface area contributed by atoms with Crippen molar-refractivity contribution in [2.24, 2.45) is 0 Å². The van der Waals surface area contributed by atoms with E-state index >= 15 is 0 Å². The molecule has 8 nitrogen and oxygen atoms in total. The van der Waals surface area contributed by atoms with Crippen molar-refractivity contribution in [2.75, 3.05) is 25.5 Å². The number of anilines is 1. The molecule has 0 radical (unpaired) electrons. The molecule has 8 heteroatoms. The molecule has 1 aliphatic rings. The Bertz CT molecular complexity index is 580. The Morgan fingerprint density at radius 1 is 1.38 bits per heavy atom. The van der Waals surface area contributed by atoms with E-state index in [2.05, 4.69) is 15.5 Å². The van der Waals surface area contributed by atoms with Gasteiger partial charge in [-0.2, -0.15) is 5.10 Å². The van der Waals surface area contributed by atoms with Crippen LogP contribution in [0.1, 0.15) is 24.1 Å². The van der Waals surface area contributed by atoms with Crippen LogP contribution in [0.3, 0.4) is 0 Å². The summed E-state index contributed by atoms with van der Waals surface area (Å²) in [5.74, 6) is 0.115. The molecule has 21 heavy (non-hydrogen) atoms. The second-order valence-electron chi connectivity index (χ2n) is 5.16. The molecule has 4 amide bonds. The summed E-state index contributed by atoms with van der Waals surface area (Å²) in [6, 6.07) is -0.306. The second kappa shape index (κ2) is 5.94. The molecule has 0 bridgehead atoms. The first-order valence-electron chi connectivity index (χ1n) is 6.77. The fourth-order valence-electron chi connectivity index (χ4n) is 2.09. The van der Waals surface area contributed by atoms with Crippen LogP contribution in [-0.2, 0) is 9.59 Å². The molecule has 0 saturated carbocycles. The lowest BCUT2D eigenvalue weighted by atomic mass is 10.2. The first kappa shape index (κ1) is 15.0. The highest BCUT2D eigenvalue weighted by Gasteiger charge is 2.32. The Morgan fingerprint density at radius 2 is 2.10 bits per heavy atom. The molecule has 2 N–H and O–H groups in total. The zero-order valence-electron chi connectivity index (χ0n) is 12.4. The minimum absolute atomic E-state index is 0.108. The first-order valence-corrected chi connectivity index (χ1v) is 6.77. The van der Waals surface area contributed by atoms with Crippen LogP contribution in [0, 0.1) is 13.8 Å². The standard InChI is InChI=1S/C13H19N5O3/c1-8-9(2)15-16-12(8)14-10(19)5-4-6-18-11(20)7-17(3)13(18)21/h4-7H2,1-3H3,(H2,14,15,16,19). The fraction of sp³-hybridized carbons (Fsp3) is 0.538. The van der Waals surface area contributed by atoms with Crippen molar-refractivity contribution in [3.8, 4) is 0 Å². The Morgan fingerprint density at radius 3 is 2.62 bits per heavy atom. The number of amides is 4. The van der Waals surface area contributed by atoms with Gasteiger partial charge in [0, 0.05) is 31.3 Å². The number of urea groups is 1. The lowest BCUT2D eigenvalue weighted by molar-refractivity contribution is -0.125. The number of nitrogens with one attached hydrogen (secondary N) is 2. The number of imide groups is 1. The van der Waals surface area contributed by atoms with Crippen molar-refractivity contribution >= 4 is 23.7 Å². The van der Waals surface area contributed by atoms with Crippen molar-refractivity contribution in [1.82, 2.24) is 20.0 Å². The number of likely N-dealkylation sites (N-methyl/N-ethyl adjacent to an activating group) is 1. The summed E-state index contributed by atoms with van der Waals surface area (Å²) in [7, 11) is 1.58. The molecule has 2 heterocycles. The minimum atomic E-state index is -0.306. The van der Waals surface area contributed by atoms with E-state index < -0.39 is 0 Å². The van der Waals surface area contributed by atoms with E-state index in [1.54, 1.807) is 7.05 Å². The van der Waals surface area contributed by atoms with Gasteiger partial charge in [-0.15, -0.1) is 0 Å². The molecule has 0 unspecified atom stereocenters. The second-order valence-corrected chi connectivity index (χ2v) is 5.16. The molecule has 0 aliphatic carbocycles. The van der Waals surface area contributed by atoms with Crippen LogP contribution in [0.4, 0.5) is 10.6 Å². The maximum absolute atomic E-state index is 11.8. The van der Waals surface area contributed by atoms with Gasteiger partial charge in [0.2, 0.25) is 11.8 Å². The van der Waals surface area contributed by atoms with Crippen LogP contribution in [0.25, 0.3) is 0 Å². The third-order valence-electron chi connectivity index (χ3n) is 3.53. The number of hydrogen-bond acceptors (Lipinski definition) is 4. The third kappa shape index (κ3) is 3.21. The Balaban J connectivity index is 1.79. The molecular formula is C13H19N5O3. The smallest absolute Gasteiger partial charge is 0.318 e. The molecule has 1 aromatic heterocycles. The maximum Gasteiger partial charge on any atom is 0.326 e. The van der Waals surface area contributed by atoms with Gasteiger partial charge < -0.3 is 10.2 Å². The summed E-state index contributed by atoms with van der Waals surface area (Å²) in [5.41, 5.74) is 1.80. The van der Waals surface area contributed by atoms with Crippen molar-refractivity contribution in [3.63, 3.8) is 0 Å². The van der Waals surface area contributed by atoms with E-state index in [-0.39, 0.29) is 37.4 Å². The Labute approximate surface area is 122 Å². The number of carbonyl (C=O) groups excluding carboxylic acids is 3. The van der Waals surface area contributed by atoms with Gasteiger partial charge in [0.15, 0.2) is 5.82 Å². The summed E-state index contributed by atoms with van der Waals surface area (Å²) in [4.78, 5) is 37.6. The largest absolute Gasteiger partial charge is 0.326 e. The molecular weight excluding hydrogens is 274 g/mol. The predicted molar refractivity (Wildman–Crippen MR) is 75.7 cm³/mol. The minimum Gasteiger partial charge on any atom is -0.318 e. The first-order chi connectivity index (χ1) is 9.90. The summed E-state index contributed by atoms with van der Waals surface area (Å²) in [5, 5.41) is 9.49. The fourth-order valence-corrected chi connectivity index (χ4v) is 2.09. The van der Waals surface area contributed by atoms with Crippen molar-refractivity contribution in [3.05, 3.63) is 11.3 Å². The van der Waals surface area contributed by atoms with Crippen LogP contribution in [0.5, 0.6) is 0 Å². The van der Waals surface area contributed by atoms with E-state index in [4.69, 9.17) is 0 Å². The average Bonchev–Trinajstić information content (AvgIpc) is 2.86. The van der Waals surface area contributed by atoms with Crippen LogP contribution < -0.4 is 5.32 Å². The van der Waals surface area contributed by atoms with Crippen LogP contribution in [-0.4, -0.2) is 58.0 Å². The zero-order valence-corrected chi connectivity index (χ0v) is 12.4. The van der Waals surface area contributed by atoms with Crippen LogP contribution >= 0.6 is 0 Å². The van der Waals surface area contributed by atoms with Gasteiger partial charge in [0.05, 0.1) is 0 Å². The lowest BCUT2D eigenvalue weighted by Gasteiger charge is -2.13. The van der Waals surface area contributed by atoms with E-state index in [9.17, 15) is 14.4 Å². The molecule has 0 spiro atoms. The molecule has 114 valence electrons. The number of rotatable bonds is 5. The zero-order chi connectivity index (χ0) is 15.6. The van der Waals surface area contributed by atoms with Crippen molar-refractivity contribution in [2.45, 2.75) is 26.7 Å². The summed E-state index contributed by atoms with van der Waals surface area (Å²) >= 11 is 0. The highest BCUT2D eigenvalue weighted by molar-refractivity contribution is 6.01. The average molecular weight is 293 g/mol. The SMILES string of the molecule is Cc1[nH]nc(NC(=O)CCCN2C(=O)CN(C)C2=O)c1C. The molecule has 0 aromatic carbocycles. The van der Waals surface area contributed by atoms with Crippen LogP contribution in [0.15, 0.2) is 0 Å². The summed E-state index contributed by atoms with van der Waals surface area (Å²) in [6.45, 7) is 4.11. The maximum atomic E-state index is 11.8. The van der Waals surface area contributed by atoms with Gasteiger partial charge in [-0.25, -0.2) is 4.79 Å². The van der Waals surface area contributed by atoms with Gasteiger partial charge in [0.1, 0.15) is 6.54 Å². The van der Waals surface area contributed by atoms with Gasteiger partial charge in [-0.05, 0) is 20.3 Å². The number of hydrogen-bond donors (Lipinski definition) is 2. The molecule has 1 aromatic rings. The molecule has 2 rings (SSSR count). The van der Waals surface area contributed by atoms with Gasteiger partial charge >= 0.3 is 6.03 Å². The van der Waals surface area contributed by atoms with Gasteiger partial charge in [0.25, 0.3) is 0 Å². The number of aromatic amines is 1. The van der Waals surface area contributed by atoms with E-state index in [1.165, 1.54) is 9.80 Å². The Hall–Kier alpha value is -2.38. The number of H-pyrrole nitrogens is 1. The van der Waals surface area contributed by atoms with Crippen molar-refractivity contribution < 1.29 is 14.4 Å². The Kier molecular flexibility index (Phi) is 4.25. The highest BCUT2D eigenvalue weighted by Crippen LogP contribution is 2.14. The highest BCUT2D eigenvalue weighted by atomic mass is 16.2. The van der Waals surface area contributed by atoms with E-state index in [0.29, 0.717) is 12.2 Å². The quantitative estimate of drug-likeness (QED) is 0.778. The number of aromatic nitrogens is 2. The van der Waals surface area contributed by atoms with E-state index in [1.807, 2.05) is 13.8 Å². The predicted octanol–water partition coefficient (Wildman–Crippen LogP) is 0.639. The number of aryl methyl sites for hydroxylation is 1. The molecule has 0 atom stereocenters. The number of carbonyl (C=O) groups is 3. The lowest BCUT2D eigenvalue weighted by Crippen LogP contribution is -2.32. The topological polar surface area (TPSA) is 98.4 Å². The molecule has 1 fully saturated rings. The summed E-state index contributed by atoms with van der Waals surface area (Å²) < 4.78 is 0. The van der Waals surface area contributed by atoms with Gasteiger partial charge in [-0.1, -0.05) is 0 Å².